The van der Waals surface area contributed by atoms with Crippen molar-refractivity contribution in [1.29, 1.82) is 0 Å². The zero-order valence-corrected chi connectivity index (χ0v) is 12.1. The van der Waals surface area contributed by atoms with Gasteiger partial charge in [0.05, 0.1) is 6.04 Å². The Morgan fingerprint density at radius 1 is 1.35 bits per heavy atom. The third-order valence-electron chi connectivity index (χ3n) is 3.59. The van der Waals surface area contributed by atoms with Gasteiger partial charge in [-0.3, -0.25) is 4.90 Å². The minimum absolute atomic E-state index is 0.161. The Bertz CT molecular complexity index is 580. The lowest BCUT2D eigenvalue weighted by atomic mass is 10.2. The van der Waals surface area contributed by atoms with Crippen molar-refractivity contribution in [2.45, 2.75) is 13.0 Å². The van der Waals surface area contributed by atoms with E-state index in [0.717, 1.165) is 37.6 Å². The van der Waals surface area contributed by atoms with Gasteiger partial charge in [-0.05, 0) is 25.1 Å². The van der Waals surface area contributed by atoms with Gasteiger partial charge in [-0.2, -0.15) is 4.98 Å². The molecule has 106 valence electrons. The van der Waals surface area contributed by atoms with E-state index < -0.39 is 0 Å². The van der Waals surface area contributed by atoms with Gasteiger partial charge in [0.2, 0.25) is 0 Å². The van der Waals surface area contributed by atoms with Gasteiger partial charge >= 0.3 is 0 Å². The van der Waals surface area contributed by atoms with Crippen molar-refractivity contribution in [2.75, 3.05) is 26.2 Å². The number of aromatic nitrogens is 2. The first-order valence-electron chi connectivity index (χ1n) is 6.78. The van der Waals surface area contributed by atoms with Gasteiger partial charge in [-0.1, -0.05) is 22.8 Å². The summed E-state index contributed by atoms with van der Waals surface area (Å²) in [6, 6.07) is 7.61. The molecule has 0 unspecified atom stereocenters. The lowest BCUT2D eigenvalue weighted by molar-refractivity contribution is 0.176. The first kappa shape index (κ1) is 13.5. The average molecular weight is 293 g/mol. The number of hydrogen-bond acceptors (Lipinski definition) is 5. The number of hydrogen-bond donors (Lipinski definition) is 1. The van der Waals surface area contributed by atoms with Crippen molar-refractivity contribution < 1.29 is 4.52 Å². The van der Waals surface area contributed by atoms with Crippen LogP contribution < -0.4 is 5.32 Å². The van der Waals surface area contributed by atoms with E-state index in [0.29, 0.717) is 10.9 Å². The van der Waals surface area contributed by atoms with Gasteiger partial charge in [-0.25, -0.2) is 0 Å². The maximum absolute atomic E-state index is 5.98. The molecule has 0 spiro atoms. The van der Waals surface area contributed by atoms with Crippen molar-refractivity contribution >= 4 is 11.6 Å². The Morgan fingerprint density at radius 2 is 2.15 bits per heavy atom. The molecule has 6 heteroatoms. The Labute approximate surface area is 122 Å². The van der Waals surface area contributed by atoms with Crippen LogP contribution in [0.3, 0.4) is 0 Å². The molecule has 1 aromatic heterocycles. The molecular weight excluding hydrogens is 276 g/mol. The van der Waals surface area contributed by atoms with Gasteiger partial charge in [0.1, 0.15) is 0 Å². The van der Waals surface area contributed by atoms with Crippen molar-refractivity contribution in [2.24, 2.45) is 0 Å². The van der Waals surface area contributed by atoms with Crippen LogP contribution in [0.25, 0.3) is 11.5 Å². The number of rotatable bonds is 3. The Morgan fingerprint density at radius 3 is 2.90 bits per heavy atom. The Balaban J connectivity index is 1.79. The molecule has 0 saturated carbocycles. The molecule has 1 fully saturated rings. The quantitative estimate of drug-likeness (QED) is 0.941. The van der Waals surface area contributed by atoms with Crippen LogP contribution in [-0.4, -0.2) is 41.2 Å². The third-order valence-corrected chi connectivity index (χ3v) is 3.82. The van der Waals surface area contributed by atoms with Crippen LogP contribution in [0.1, 0.15) is 18.8 Å². The third kappa shape index (κ3) is 2.85. The summed E-state index contributed by atoms with van der Waals surface area (Å²) in [6.07, 6.45) is 0. The summed E-state index contributed by atoms with van der Waals surface area (Å²) in [5, 5.41) is 8.11. The van der Waals surface area contributed by atoms with Gasteiger partial charge in [0.25, 0.3) is 5.89 Å². The topological polar surface area (TPSA) is 54.2 Å². The standard InChI is InChI=1S/C14H17ClN4O/c1-10(19-7-5-16-6-8-19)13-17-14(20-18-13)11-3-2-4-12(15)9-11/h2-4,9-10,16H,5-8H2,1H3/t10-/m0/s1. The highest BCUT2D eigenvalue weighted by atomic mass is 35.5. The molecule has 1 aliphatic heterocycles. The fourth-order valence-electron chi connectivity index (χ4n) is 2.38. The highest BCUT2D eigenvalue weighted by molar-refractivity contribution is 6.30. The molecule has 1 aromatic carbocycles. The highest BCUT2D eigenvalue weighted by Gasteiger charge is 2.22. The summed E-state index contributed by atoms with van der Waals surface area (Å²) in [7, 11) is 0. The molecule has 0 amide bonds. The first-order valence-corrected chi connectivity index (χ1v) is 7.16. The molecule has 5 nitrogen and oxygen atoms in total. The van der Waals surface area contributed by atoms with E-state index in [4.69, 9.17) is 16.1 Å². The molecule has 3 rings (SSSR count). The minimum Gasteiger partial charge on any atom is -0.334 e. The zero-order valence-electron chi connectivity index (χ0n) is 11.3. The van der Waals surface area contributed by atoms with E-state index in [1.54, 1.807) is 0 Å². The summed E-state index contributed by atoms with van der Waals surface area (Å²) < 4.78 is 5.36. The molecule has 2 heterocycles. The first-order chi connectivity index (χ1) is 9.74. The van der Waals surface area contributed by atoms with E-state index in [1.165, 1.54) is 0 Å². The molecule has 1 saturated heterocycles. The van der Waals surface area contributed by atoms with Crippen molar-refractivity contribution in [1.82, 2.24) is 20.4 Å². The Kier molecular flexibility index (Phi) is 4.00. The van der Waals surface area contributed by atoms with Gasteiger partial charge in [0.15, 0.2) is 5.82 Å². The van der Waals surface area contributed by atoms with Gasteiger partial charge in [0, 0.05) is 36.8 Å². The number of nitrogens with one attached hydrogen (secondary N) is 1. The van der Waals surface area contributed by atoms with Crippen molar-refractivity contribution in [3.8, 4) is 11.5 Å². The highest BCUT2D eigenvalue weighted by Crippen LogP contribution is 2.24. The van der Waals surface area contributed by atoms with Crippen LogP contribution in [-0.2, 0) is 0 Å². The predicted molar refractivity (Wildman–Crippen MR) is 77.6 cm³/mol. The number of nitrogens with zero attached hydrogens (tertiary/aromatic N) is 3. The summed E-state index contributed by atoms with van der Waals surface area (Å²) >= 11 is 5.98. The monoisotopic (exact) mass is 292 g/mol. The van der Waals surface area contributed by atoms with E-state index in [-0.39, 0.29) is 6.04 Å². The van der Waals surface area contributed by atoms with Crippen molar-refractivity contribution in [3.05, 3.63) is 35.1 Å². The van der Waals surface area contributed by atoms with Crippen LogP contribution >= 0.6 is 11.6 Å². The van der Waals surface area contributed by atoms with Gasteiger partial charge < -0.3 is 9.84 Å². The fraction of sp³-hybridized carbons (Fsp3) is 0.429. The number of piperazine rings is 1. The molecule has 1 atom stereocenters. The summed E-state index contributed by atoms with van der Waals surface area (Å²) in [6.45, 7) is 6.12. The smallest absolute Gasteiger partial charge is 0.258 e. The van der Waals surface area contributed by atoms with Crippen LogP contribution in [0.5, 0.6) is 0 Å². The van der Waals surface area contributed by atoms with Crippen molar-refractivity contribution in [3.63, 3.8) is 0 Å². The predicted octanol–water partition coefficient (Wildman–Crippen LogP) is 2.36. The molecule has 0 aliphatic carbocycles. The lowest BCUT2D eigenvalue weighted by Crippen LogP contribution is -2.44. The molecule has 2 aromatic rings. The van der Waals surface area contributed by atoms with E-state index in [2.05, 4.69) is 27.3 Å². The van der Waals surface area contributed by atoms with Crippen LogP contribution in [0.15, 0.2) is 28.8 Å². The second-order valence-corrected chi connectivity index (χ2v) is 5.37. The normalized spacial score (nSPS) is 18.1. The molecule has 20 heavy (non-hydrogen) atoms. The average Bonchev–Trinajstić information content (AvgIpc) is 2.97. The largest absolute Gasteiger partial charge is 0.334 e. The minimum atomic E-state index is 0.161. The van der Waals surface area contributed by atoms with Gasteiger partial charge in [-0.15, -0.1) is 0 Å². The maximum atomic E-state index is 5.98. The fourth-order valence-corrected chi connectivity index (χ4v) is 2.57. The molecule has 0 bridgehead atoms. The number of halogens is 1. The lowest BCUT2D eigenvalue weighted by Gasteiger charge is -2.30. The van der Waals surface area contributed by atoms with Crippen LogP contribution in [0.2, 0.25) is 5.02 Å². The second kappa shape index (κ2) is 5.91. The van der Waals surface area contributed by atoms with Crippen LogP contribution in [0, 0.1) is 0 Å². The van der Waals surface area contributed by atoms with E-state index in [9.17, 15) is 0 Å². The molecular formula is C14H17ClN4O. The molecule has 0 radical (unpaired) electrons. The SMILES string of the molecule is C[C@@H](c1noc(-c2cccc(Cl)c2)n1)N1CCNCC1. The summed E-state index contributed by atoms with van der Waals surface area (Å²) in [5.74, 6) is 1.24. The second-order valence-electron chi connectivity index (χ2n) is 4.93. The van der Waals surface area contributed by atoms with E-state index in [1.807, 2.05) is 24.3 Å². The molecule has 1 N–H and O–H groups in total. The zero-order chi connectivity index (χ0) is 13.9. The molecule has 1 aliphatic rings. The maximum Gasteiger partial charge on any atom is 0.258 e. The number of benzene rings is 1. The Hall–Kier alpha value is -1.43. The summed E-state index contributed by atoms with van der Waals surface area (Å²) in [5.41, 5.74) is 0.851. The van der Waals surface area contributed by atoms with Crippen LogP contribution in [0.4, 0.5) is 0 Å². The van der Waals surface area contributed by atoms with E-state index >= 15 is 0 Å². The summed E-state index contributed by atoms with van der Waals surface area (Å²) in [4.78, 5) is 6.85.